The first kappa shape index (κ1) is 77.9. The van der Waals surface area contributed by atoms with Gasteiger partial charge in [0.2, 0.25) is 0 Å². The van der Waals surface area contributed by atoms with Crippen LogP contribution in [0.1, 0.15) is 166 Å². The third-order valence-electron chi connectivity index (χ3n) is 12.7. The Kier molecular flexibility index (Phi) is 28.2. The van der Waals surface area contributed by atoms with Gasteiger partial charge in [0.05, 0.1) is 0 Å². The van der Waals surface area contributed by atoms with E-state index in [9.17, 15) is 26.3 Å². The smallest absolute Gasteiger partial charge is 0.485 e. The van der Waals surface area contributed by atoms with Gasteiger partial charge in [0.1, 0.15) is 0 Å². The molecule has 0 aliphatic heterocycles. The number of hydrogen-bond acceptors (Lipinski definition) is 6. The minimum atomic E-state index is -6.09. The van der Waals surface area contributed by atoms with Crippen LogP contribution in [0, 0.1) is 0 Å². The van der Waals surface area contributed by atoms with Crippen LogP contribution < -0.4 is 8.95 Å². The molecule has 0 fully saturated rings. The zero-order valence-electron chi connectivity index (χ0n) is 49.6. The number of fused-ring (bicyclic) bond motifs is 2. The van der Waals surface area contributed by atoms with Gasteiger partial charge in [0, 0.05) is 33.0 Å². The minimum Gasteiger partial charge on any atom is -0.741 e. The fraction of sp³-hybridized carbons (Fsp3) is 0.760. The standard InChI is InChI=1S/2C24H44BN2P2.2CHF3O3S.2Ni/c2*1-21(2,3)28(22(4,5)6)17-26-19-15-13-14-16-20(19)27(25-26)18-29(23(7,8)9)24(10,11)12;2*2-1(3,4)8(5,6)7;;/h2*13-16H,17-18H2,1-12H3;2*(H,5,6,7);;/q2*+1;;;;/p+2. The molecule has 0 saturated carbocycles. The van der Waals surface area contributed by atoms with Crippen LogP contribution in [0.4, 0.5) is 26.3 Å². The van der Waals surface area contributed by atoms with Crippen LogP contribution in [0.15, 0.2) is 48.5 Å². The molecule has 0 amide bonds. The van der Waals surface area contributed by atoms with Gasteiger partial charge < -0.3 is 9.11 Å². The van der Waals surface area contributed by atoms with Gasteiger partial charge in [-0.25, -0.2) is 16.8 Å². The number of hydrogen-bond donors (Lipinski definition) is 0. The van der Waals surface area contributed by atoms with Crippen LogP contribution in [-0.2, 0) is 78.4 Å². The molecule has 2 heterocycles. The van der Waals surface area contributed by atoms with E-state index in [1.807, 2.05) is 0 Å². The summed E-state index contributed by atoms with van der Waals surface area (Å²) < 4.78 is 128. The molecule has 4 rings (SSSR count). The second-order valence-corrected chi connectivity index (χ2v) is 47.3. The van der Waals surface area contributed by atoms with E-state index in [-0.39, 0.29) is 33.0 Å². The van der Waals surface area contributed by atoms with E-state index in [2.05, 4.69) is 247 Å². The van der Waals surface area contributed by atoms with E-state index < -0.39 is 62.9 Å². The van der Waals surface area contributed by atoms with Gasteiger partial charge in [0.15, 0.2) is 20.2 Å². The fourth-order valence-corrected chi connectivity index (χ4v) is 25.2. The predicted octanol–water partition coefficient (Wildman–Crippen LogP) is 13.7. The van der Waals surface area contributed by atoms with E-state index in [0.29, 0.717) is 41.2 Å². The predicted molar refractivity (Wildman–Crippen MR) is 310 cm³/mol. The van der Waals surface area contributed by atoms with Gasteiger partial charge in [-0.15, -0.1) is 0 Å². The van der Waals surface area contributed by atoms with Gasteiger partial charge in [0.25, 0.3) is 0 Å². The summed E-state index contributed by atoms with van der Waals surface area (Å²) >= 11 is 0. The molecule has 0 saturated heterocycles. The third-order valence-corrected chi connectivity index (χ3v) is 30.9. The summed E-state index contributed by atoms with van der Waals surface area (Å²) in [5, 5.41) is 2.93. The molecule has 10 nitrogen and oxygen atoms in total. The number of aromatic nitrogens is 4. The summed E-state index contributed by atoms with van der Waals surface area (Å²) in [4.78, 5) is 0. The van der Waals surface area contributed by atoms with Gasteiger partial charge in [-0.1, -0.05) is 0 Å². The van der Waals surface area contributed by atoms with Crippen molar-refractivity contribution < 1.29 is 94.2 Å². The normalized spacial score (nSPS) is 13.8. The Morgan fingerprint density at radius 2 is 0.592 bits per heavy atom. The summed E-state index contributed by atoms with van der Waals surface area (Å²) in [6.07, 6.45) is 4.66. The molecule has 0 N–H and O–H groups in total. The number of rotatable bonds is 8. The third kappa shape index (κ3) is 24.0. The number of alkyl halides is 6. The fourth-order valence-electron chi connectivity index (χ4n) is 10.1. The van der Waals surface area contributed by atoms with Gasteiger partial charge in [-0.3, -0.25) is 0 Å². The van der Waals surface area contributed by atoms with Crippen molar-refractivity contribution in [2.24, 2.45) is 0 Å². The zero-order chi connectivity index (χ0) is 58.8. The summed E-state index contributed by atoms with van der Waals surface area (Å²) in [7, 11) is -9.83. The Balaban J connectivity index is 0. The molecule has 2 aromatic heterocycles. The number of para-hydroxylation sites is 4. The van der Waals surface area contributed by atoms with Crippen molar-refractivity contribution >= 4 is 88.4 Å². The topological polar surface area (TPSA) is 132 Å². The van der Waals surface area contributed by atoms with Crippen molar-refractivity contribution in [3.8, 4) is 0 Å². The average molecular weight is 1290 g/mol. The second-order valence-electron chi connectivity index (χ2n) is 27.4. The monoisotopic (exact) mass is 1280 g/mol. The first-order valence-corrected chi connectivity index (χ1v) is 34.4. The van der Waals surface area contributed by atoms with E-state index >= 15 is 0 Å². The molecule has 26 heteroatoms. The zero-order valence-corrected chi connectivity index (χ0v) is 57.2. The molecule has 0 aliphatic rings. The average Bonchev–Trinajstić information content (AvgIpc) is 3.67. The van der Waals surface area contributed by atoms with Crippen LogP contribution in [0.25, 0.3) is 22.1 Å². The molecule has 2 aromatic carbocycles. The maximum absolute atomic E-state index is 10.7. The van der Waals surface area contributed by atoms with Crippen molar-refractivity contribution in [3.63, 3.8) is 0 Å². The van der Waals surface area contributed by atoms with Crippen LogP contribution in [0.5, 0.6) is 0 Å². The summed E-state index contributed by atoms with van der Waals surface area (Å²) in [5.41, 5.74) is -5.71. The molecule has 0 unspecified atom stereocenters. The molecular weight excluding hydrogens is 1190 g/mol. The Bertz CT molecular complexity index is 2320. The largest absolute Gasteiger partial charge is 0.741 e. The molecule has 0 atom stereocenters. The first-order valence-electron chi connectivity index (χ1n) is 24.8. The quantitative estimate of drug-likeness (QED) is 0.0567. The van der Waals surface area contributed by atoms with Crippen LogP contribution in [0.3, 0.4) is 0 Å². The number of nitrogens with zero attached hydrogens (tertiary/aromatic N) is 4. The van der Waals surface area contributed by atoms with Crippen molar-refractivity contribution in [2.45, 2.75) is 244 Å². The van der Waals surface area contributed by atoms with Gasteiger partial charge >= 0.3 is 378 Å². The Morgan fingerprint density at radius 1 is 0.408 bits per heavy atom. The first-order chi connectivity index (χ1) is 32.3. The van der Waals surface area contributed by atoms with E-state index in [4.69, 9.17) is 25.9 Å². The number of benzene rings is 2. The van der Waals surface area contributed by atoms with Gasteiger partial charge in [-0.05, 0) is 0 Å². The Morgan fingerprint density at radius 3 is 0.763 bits per heavy atom. The summed E-state index contributed by atoms with van der Waals surface area (Å²) in [6.45, 7) is 58.5. The van der Waals surface area contributed by atoms with Crippen molar-refractivity contribution in [3.05, 3.63) is 48.5 Å². The molecule has 0 radical (unpaired) electrons. The van der Waals surface area contributed by atoms with Crippen molar-refractivity contribution in [1.29, 1.82) is 0 Å². The van der Waals surface area contributed by atoms with Crippen LogP contribution >= 0.6 is 31.7 Å². The van der Waals surface area contributed by atoms with E-state index in [0.717, 1.165) is 25.1 Å². The maximum atomic E-state index is 10.7. The SMILES string of the molecule is CC(C)(C)[PH+](Cn1b[n+](C[PH+](C(C)(C)C)C(C)(C)C)c2ccccc21)C(C)(C)C.CC(C)(C)[PH+](Cn1b[n+](C[PH+](C(C)(C)C)C(C)(C)C)c2ccccc21)C(C)(C)C.O=S(=O)([O-])C(F)(F)F.O=S(=O)([O-])C(F)(F)F.[Ni].[Ni]. The molecule has 444 valence electrons. The summed E-state index contributed by atoms with van der Waals surface area (Å²) in [6, 6.07) is 18.1. The minimum absolute atomic E-state index is 0. The maximum Gasteiger partial charge on any atom is 0.485 e. The molecular formula is C50H92B2F6N4Ni2O6P4S2+4. The van der Waals surface area contributed by atoms with Gasteiger partial charge in [-0.2, -0.15) is 26.3 Å². The number of halogens is 6. The second kappa shape index (κ2) is 27.5. The molecule has 0 spiro atoms. The van der Waals surface area contributed by atoms with E-state index in [1.165, 1.54) is 22.1 Å². The Labute approximate surface area is 480 Å². The Hall–Kier alpha value is -0.123. The van der Waals surface area contributed by atoms with Crippen LogP contribution in [0.2, 0.25) is 0 Å². The van der Waals surface area contributed by atoms with Crippen LogP contribution in [-0.4, -0.2) is 102 Å². The van der Waals surface area contributed by atoms with E-state index in [1.54, 1.807) is 0 Å². The molecule has 76 heavy (non-hydrogen) atoms. The molecule has 0 bridgehead atoms. The van der Waals surface area contributed by atoms with Crippen molar-refractivity contribution in [1.82, 2.24) is 8.95 Å². The summed E-state index contributed by atoms with van der Waals surface area (Å²) in [5.74, 6) is 0. The van der Waals surface area contributed by atoms with Crippen molar-refractivity contribution in [2.75, 3.05) is 0 Å². The molecule has 0 aliphatic carbocycles. The molecule has 4 aromatic rings.